The summed E-state index contributed by atoms with van der Waals surface area (Å²) in [6.45, 7) is 3.23. The van der Waals surface area contributed by atoms with Crippen LogP contribution in [0.15, 0.2) is 4.52 Å². The van der Waals surface area contributed by atoms with Crippen molar-refractivity contribution in [3.05, 3.63) is 11.7 Å². The molecule has 2 N–H and O–H groups in total. The average Bonchev–Trinajstić information content (AvgIpc) is 2.87. The number of nitrogens with one attached hydrogen (secondary N) is 1. The molecule has 0 saturated heterocycles. The molecule has 7 nitrogen and oxygen atoms in total. The minimum absolute atomic E-state index is 0.0628. The first kappa shape index (κ1) is 12.5. The molecule has 0 bridgehead atoms. The van der Waals surface area contributed by atoms with Gasteiger partial charge in [0.05, 0.1) is 5.41 Å². The third-order valence-electron chi connectivity index (χ3n) is 3.48. The number of rotatable bonds is 3. The molecule has 1 saturated carbocycles. The van der Waals surface area contributed by atoms with Crippen LogP contribution in [0.1, 0.15) is 42.7 Å². The summed E-state index contributed by atoms with van der Waals surface area (Å²) in [7, 11) is 0. The van der Waals surface area contributed by atoms with Crippen molar-refractivity contribution in [1.29, 1.82) is 0 Å². The molecule has 98 valence electrons. The molecule has 0 aliphatic heterocycles. The van der Waals surface area contributed by atoms with Crippen molar-refractivity contribution in [3.8, 4) is 0 Å². The van der Waals surface area contributed by atoms with Crippen LogP contribution in [0.2, 0.25) is 0 Å². The van der Waals surface area contributed by atoms with Gasteiger partial charge in [0, 0.05) is 13.0 Å². The Kier molecular flexibility index (Phi) is 3.06. The van der Waals surface area contributed by atoms with Gasteiger partial charge >= 0.3 is 5.97 Å². The van der Waals surface area contributed by atoms with E-state index in [4.69, 9.17) is 4.52 Å². The number of hydrogen-bond donors (Lipinski definition) is 2. The van der Waals surface area contributed by atoms with Gasteiger partial charge in [-0.2, -0.15) is 4.98 Å². The van der Waals surface area contributed by atoms with Crippen LogP contribution in [0.5, 0.6) is 0 Å². The Morgan fingerprint density at radius 2 is 2.28 bits per heavy atom. The Morgan fingerprint density at radius 1 is 1.56 bits per heavy atom. The predicted molar refractivity (Wildman–Crippen MR) is 59.9 cm³/mol. The van der Waals surface area contributed by atoms with E-state index in [1.807, 2.05) is 0 Å². The van der Waals surface area contributed by atoms with Crippen LogP contribution in [0.3, 0.4) is 0 Å². The predicted octanol–water partition coefficient (Wildman–Crippen LogP) is 0.751. The number of carboxylic acids is 1. The Hall–Kier alpha value is -1.92. The summed E-state index contributed by atoms with van der Waals surface area (Å²) in [5.41, 5.74) is -0.922. The Bertz CT molecular complexity index is 484. The van der Waals surface area contributed by atoms with E-state index in [-0.39, 0.29) is 5.82 Å². The molecule has 1 aromatic rings. The van der Waals surface area contributed by atoms with Crippen LogP contribution in [0.4, 0.5) is 0 Å². The van der Waals surface area contributed by atoms with Crippen molar-refractivity contribution in [2.75, 3.05) is 0 Å². The Morgan fingerprint density at radius 3 is 2.83 bits per heavy atom. The highest BCUT2D eigenvalue weighted by Crippen LogP contribution is 2.38. The topological polar surface area (TPSA) is 105 Å². The number of carbonyl (C=O) groups is 2. The van der Waals surface area contributed by atoms with Gasteiger partial charge in [0.2, 0.25) is 5.89 Å². The van der Waals surface area contributed by atoms with Gasteiger partial charge in [-0.05, 0) is 19.8 Å². The summed E-state index contributed by atoms with van der Waals surface area (Å²) in [5.74, 6) is -1.15. The molecule has 0 radical (unpaired) electrons. The van der Waals surface area contributed by atoms with Gasteiger partial charge in [-0.1, -0.05) is 11.6 Å². The van der Waals surface area contributed by atoms with Crippen molar-refractivity contribution in [1.82, 2.24) is 15.5 Å². The molecule has 7 heteroatoms. The highest BCUT2D eigenvalue weighted by molar-refractivity contribution is 5.91. The number of aryl methyl sites for hydroxylation is 1. The number of aromatic nitrogens is 2. The van der Waals surface area contributed by atoms with E-state index < -0.39 is 23.3 Å². The van der Waals surface area contributed by atoms with Gasteiger partial charge in [-0.15, -0.1) is 0 Å². The normalized spacial score (nSPS) is 27.1. The molecule has 0 aromatic carbocycles. The summed E-state index contributed by atoms with van der Waals surface area (Å²) in [5, 5.41) is 15.4. The highest BCUT2D eigenvalue weighted by atomic mass is 16.5. The molecule has 1 fully saturated rings. The van der Waals surface area contributed by atoms with E-state index in [9.17, 15) is 14.7 Å². The van der Waals surface area contributed by atoms with Crippen LogP contribution in [-0.2, 0) is 4.79 Å². The van der Waals surface area contributed by atoms with Crippen LogP contribution < -0.4 is 5.32 Å². The lowest BCUT2D eigenvalue weighted by molar-refractivity contribution is -0.148. The molecule has 1 aliphatic rings. The zero-order chi connectivity index (χ0) is 13.3. The second-order valence-electron chi connectivity index (χ2n) is 4.78. The number of carbonyl (C=O) groups excluding carboxylic acids is 1. The van der Waals surface area contributed by atoms with Gasteiger partial charge in [0.25, 0.3) is 11.7 Å². The van der Waals surface area contributed by atoms with Crippen LogP contribution >= 0.6 is 0 Å². The summed E-state index contributed by atoms with van der Waals surface area (Å²) in [4.78, 5) is 26.9. The minimum atomic E-state index is -0.922. The Labute approximate surface area is 104 Å². The highest BCUT2D eigenvalue weighted by Gasteiger charge is 2.46. The summed E-state index contributed by atoms with van der Waals surface area (Å²) < 4.78 is 4.71. The summed E-state index contributed by atoms with van der Waals surface area (Å²) in [6, 6.07) is -0.402. The fourth-order valence-electron chi connectivity index (χ4n) is 2.27. The monoisotopic (exact) mass is 253 g/mol. The van der Waals surface area contributed by atoms with Crippen LogP contribution in [0, 0.1) is 12.3 Å². The maximum Gasteiger partial charge on any atom is 0.311 e. The fourth-order valence-corrected chi connectivity index (χ4v) is 2.27. The van der Waals surface area contributed by atoms with Crippen LogP contribution in [-0.4, -0.2) is 33.2 Å². The molecule has 1 heterocycles. The number of nitrogens with zero attached hydrogens (tertiary/aromatic N) is 2. The second-order valence-corrected chi connectivity index (χ2v) is 4.78. The van der Waals surface area contributed by atoms with Gasteiger partial charge in [0.1, 0.15) is 0 Å². The molecule has 2 unspecified atom stereocenters. The zero-order valence-corrected chi connectivity index (χ0v) is 10.3. The van der Waals surface area contributed by atoms with Crippen molar-refractivity contribution < 1.29 is 19.2 Å². The van der Waals surface area contributed by atoms with Gasteiger partial charge in [-0.3, -0.25) is 9.59 Å². The van der Waals surface area contributed by atoms with E-state index in [0.29, 0.717) is 18.7 Å². The zero-order valence-electron chi connectivity index (χ0n) is 10.3. The van der Waals surface area contributed by atoms with E-state index in [0.717, 1.165) is 6.42 Å². The van der Waals surface area contributed by atoms with Gasteiger partial charge in [-0.25, -0.2) is 0 Å². The van der Waals surface area contributed by atoms with E-state index in [1.165, 1.54) is 0 Å². The molecule has 2 atom stereocenters. The first-order valence-corrected chi connectivity index (χ1v) is 5.78. The third-order valence-corrected chi connectivity index (χ3v) is 3.48. The quantitative estimate of drug-likeness (QED) is 0.823. The maximum atomic E-state index is 11.8. The van der Waals surface area contributed by atoms with E-state index >= 15 is 0 Å². The van der Waals surface area contributed by atoms with Crippen molar-refractivity contribution in [2.24, 2.45) is 5.41 Å². The molecule has 18 heavy (non-hydrogen) atoms. The third kappa shape index (κ3) is 2.07. The van der Waals surface area contributed by atoms with Crippen molar-refractivity contribution >= 4 is 11.9 Å². The number of carboxylic acid groups (broad SMARTS) is 1. The van der Waals surface area contributed by atoms with E-state index in [2.05, 4.69) is 15.5 Å². The van der Waals surface area contributed by atoms with Gasteiger partial charge in [0.15, 0.2) is 0 Å². The lowest BCUT2D eigenvalue weighted by Crippen LogP contribution is -2.47. The number of amides is 1. The first-order valence-electron chi connectivity index (χ1n) is 5.78. The molecule has 1 aromatic heterocycles. The fraction of sp³-hybridized carbons (Fsp3) is 0.636. The molecular weight excluding hydrogens is 238 g/mol. The molecule has 1 aliphatic carbocycles. The Balaban J connectivity index is 2.10. The van der Waals surface area contributed by atoms with E-state index in [1.54, 1.807) is 13.8 Å². The SMILES string of the molecule is Cc1nc(C(=O)NC2CCCC2(C)C(=O)O)no1. The minimum Gasteiger partial charge on any atom is -0.481 e. The average molecular weight is 253 g/mol. The first-order chi connectivity index (χ1) is 8.43. The lowest BCUT2D eigenvalue weighted by Gasteiger charge is -2.27. The summed E-state index contributed by atoms with van der Waals surface area (Å²) >= 11 is 0. The number of hydrogen-bond acceptors (Lipinski definition) is 5. The molecule has 2 rings (SSSR count). The number of aliphatic carboxylic acids is 1. The standard InChI is InChI=1S/C11H15N3O4/c1-6-12-8(14-18-6)9(15)13-7-4-3-5-11(7,2)10(16)17/h7H,3-5H2,1-2H3,(H,13,15)(H,16,17). The molecule has 0 spiro atoms. The summed E-state index contributed by atoms with van der Waals surface area (Å²) in [6.07, 6.45) is 1.98. The smallest absolute Gasteiger partial charge is 0.311 e. The largest absolute Gasteiger partial charge is 0.481 e. The van der Waals surface area contributed by atoms with Crippen LogP contribution in [0.25, 0.3) is 0 Å². The lowest BCUT2D eigenvalue weighted by atomic mass is 9.85. The van der Waals surface area contributed by atoms with Gasteiger partial charge < -0.3 is 14.9 Å². The maximum absolute atomic E-state index is 11.8. The second kappa shape index (κ2) is 4.40. The van der Waals surface area contributed by atoms with Crippen molar-refractivity contribution in [2.45, 2.75) is 39.2 Å². The molecule has 1 amide bonds. The van der Waals surface area contributed by atoms with Crippen molar-refractivity contribution in [3.63, 3.8) is 0 Å². The molecular formula is C11H15N3O4.